The Kier molecular flexibility index (Phi) is 2.93. The average Bonchev–Trinajstić information content (AvgIpc) is 2.69. The lowest BCUT2D eigenvalue weighted by atomic mass is 10.2. The molecule has 0 aromatic carbocycles. The summed E-state index contributed by atoms with van der Waals surface area (Å²) in [6, 6.07) is 3.60. The number of hydrogen-bond donors (Lipinski definition) is 2. The van der Waals surface area contributed by atoms with Crippen molar-refractivity contribution in [2.75, 3.05) is 5.43 Å². The van der Waals surface area contributed by atoms with Gasteiger partial charge in [0.25, 0.3) is 0 Å². The minimum Gasteiger partial charge on any atom is -0.446 e. The summed E-state index contributed by atoms with van der Waals surface area (Å²) in [4.78, 5) is 8.62. The number of aryl methyl sites for hydroxylation is 1. The fraction of sp³-hybridized carbons (Fsp3) is 0.200. The first-order chi connectivity index (χ1) is 7.61. The quantitative estimate of drug-likeness (QED) is 0.653. The Bertz CT molecular complexity index is 524. The molecule has 2 aromatic heterocycles. The molecular weight excluding hydrogens is 272 g/mol. The van der Waals surface area contributed by atoms with E-state index >= 15 is 0 Å². The number of halogens is 1. The Hall–Kier alpha value is -1.40. The topological polar surface area (TPSA) is 77.0 Å². The minimum absolute atomic E-state index is 0.516. The van der Waals surface area contributed by atoms with Crippen LogP contribution in [0, 0.1) is 13.8 Å². The summed E-state index contributed by atoms with van der Waals surface area (Å²) in [7, 11) is 0. The number of anilines is 1. The van der Waals surface area contributed by atoms with Crippen molar-refractivity contribution < 1.29 is 4.42 Å². The van der Waals surface area contributed by atoms with Crippen LogP contribution in [0.3, 0.4) is 0 Å². The van der Waals surface area contributed by atoms with Crippen LogP contribution in [0.15, 0.2) is 21.2 Å². The molecule has 0 atom stereocenters. The first-order valence-corrected chi connectivity index (χ1v) is 5.48. The largest absolute Gasteiger partial charge is 0.446 e. The van der Waals surface area contributed by atoms with Crippen molar-refractivity contribution in [3.8, 4) is 11.6 Å². The molecule has 0 bridgehead atoms. The summed E-state index contributed by atoms with van der Waals surface area (Å²) in [5.74, 6) is 7.12. The van der Waals surface area contributed by atoms with Gasteiger partial charge in [-0.25, -0.2) is 15.8 Å². The smallest absolute Gasteiger partial charge is 0.197 e. The summed E-state index contributed by atoms with van der Waals surface area (Å²) >= 11 is 3.24. The van der Waals surface area contributed by atoms with Crippen LogP contribution in [0.4, 0.5) is 5.82 Å². The maximum absolute atomic E-state index is 5.39. The zero-order chi connectivity index (χ0) is 11.7. The third kappa shape index (κ3) is 1.94. The van der Waals surface area contributed by atoms with Crippen LogP contribution >= 0.6 is 15.9 Å². The van der Waals surface area contributed by atoms with E-state index in [0.29, 0.717) is 22.1 Å². The number of hydrogen-bond acceptors (Lipinski definition) is 5. The molecule has 84 valence electrons. The summed E-state index contributed by atoms with van der Waals surface area (Å²) in [5.41, 5.74) is 4.34. The summed E-state index contributed by atoms with van der Waals surface area (Å²) in [5, 5.41) is 0. The SMILES string of the molecule is Cc1nc(-c2ccc(Br)o2)nc(NN)c1C. The van der Waals surface area contributed by atoms with Crippen LogP contribution in [0.2, 0.25) is 0 Å². The zero-order valence-electron chi connectivity index (χ0n) is 8.91. The highest BCUT2D eigenvalue weighted by molar-refractivity contribution is 9.10. The van der Waals surface area contributed by atoms with E-state index in [0.717, 1.165) is 11.3 Å². The van der Waals surface area contributed by atoms with E-state index in [2.05, 4.69) is 31.3 Å². The van der Waals surface area contributed by atoms with Gasteiger partial charge in [-0.3, -0.25) is 0 Å². The van der Waals surface area contributed by atoms with Crippen LogP contribution in [0.25, 0.3) is 11.6 Å². The third-order valence-corrected chi connectivity index (χ3v) is 2.75. The average molecular weight is 283 g/mol. The predicted octanol–water partition coefficient (Wildman–Crippen LogP) is 2.40. The van der Waals surface area contributed by atoms with Gasteiger partial charge >= 0.3 is 0 Å². The van der Waals surface area contributed by atoms with E-state index in [1.165, 1.54) is 0 Å². The summed E-state index contributed by atoms with van der Waals surface area (Å²) < 4.78 is 6.03. The highest BCUT2D eigenvalue weighted by Crippen LogP contribution is 2.24. The van der Waals surface area contributed by atoms with Gasteiger partial charge in [0.2, 0.25) is 0 Å². The van der Waals surface area contributed by atoms with Gasteiger partial charge in [0.1, 0.15) is 5.82 Å². The molecule has 0 unspecified atom stereocenters. The summed E-state index contributed by atoms with van der Waals surface area (Å²) in [6.45, 7) is 3.81. The lowest BCUT2D eigenvalue weighted by Crippen LogP contribution is -2.12. The molecule has 0 saturated heterocycles. The number of nitrogens with one attached hydrogen (secondary N) is 1. The maximum atomic E-state index is 5.39. The third-order valence-electron chi connectivity index (χ3n) is 2.32. The van der Waals surface area contributed by atoms with Gasteiger partial charge in [0.15, 0.2) is 16.3 Å². The Morgan fingerprint density at radius 2 is 2.06 bits per heavy atom. The highest BCUT2D eigenvalue weighted by atomic mass is 79.9. The van der Waals surface area contributed by atoms with Crippen molar-refractivity contribution in [3.05, 3.63) is 28.1 Å². The van der Waals surface area contributed by atoms with Gasteiger partial charge in [0, 0.05) is 11.3 Å². The second-order valence-corrected chi connectivity index (χ2v) is 4.14. The summed E-state index contributed by atoms with van der Waals surface area (Å²) in [6.07, 6.45) is 0. The van der Waals surface area contributed by atoms with Crippen LogP contribution in [0.5, 0.6) is 0 Å². The lowest BCUT2D eigenvalue weighted by Gasteiger charge is -2.07. The minimum atomic E-state index is 0.516. The molecule has 0 fully saturated rings. The van der Waals surface area contributed by atoms with Gasteiger partial charge in [-0.15, -0.1) is 0 Å². The van der Waals surface area contributed by atoms with Crippen LogP contribution < -0.4 is 11.3 Å². The second kappa shape index (κ2) is 4.23. The van der Waals surface area contributed by atoms with Crippen molar-refractivity contribution in [1.82, 2.24) is 9.97 Å². The number of furan rings is 1. The van der Waals surface area contributed by atoms with Crippen molar-refractivity contribution in [3.63, 3.8) is 0 Å². The Labute approximate surface area is 101 Å². The van der Waals surface area contributed by atoms with E-state index in [9.17, 15) is 0 Å². The van der Waals surface area contributed by atoms with Gasteiger partial charge in [-0.1, -0.05) is 0 Å². The first-order valence-electron chi connectivity index (χ1n) is 4.69. The molecule has 0 saturated carbocycles. The van der Waals surface area contributed by atoms with Gasteiger partial charge in [-0.05, 0) is 41.9 Å². The second-order valence-electron chi connectivity index (χ2n) is 3.35. The van der Waals surface area contributed by atoms with Gasteiger partial charge in [0.05, 0.1) is 0 Å². The highest BCUT2D eigenvalue weighted by Gasteiger charge is 2.11. The van der Waals surface area contributed by atoms with Crippen molar-refractivity contribution in [2.45, 2.75) is 13.8 Å². The Morgan fingerprint density at radius 3 is 2.62 bits per heavy atom. The lowest BCUT2D eigenvalue weighted by molar-refractivity contribution is 0.551. The normalized spacial score (nSPS) is 10.5. The molecular formula is C10H11BrN4O. The fourth-order valence-electron chi connectivity index (χ4n) is 1.31. The number of nitrogens with zero attached hydrogens (tertiary/aromatic N) is 2. The van der Waals surface area contributed by atoms with Crippen molar-refractivity contribution in [1.29, 1.82) is 0 Å². The predicted molar refractivity (Wildman–Crippen MR) is 64.7 cm³/mol. The van der Waals surface area contributed by atoms with Crippen molar-refractivity contribution >= 4 is 21.7 Å². The van der Waals surface area contributed by atoms with Crippen molar-refractivity contribution in [2.24, 2.45) is 5.84 Å². The molecule has 3 N–H and O–H groups in total. The molecule has 0 aliphatic heterocycles. The van der Waals surface area contributed by atoms with E-state index in [1.807, 2.05) is 13.8 Å². The zero-order valence-corrected chi connectivity index (χ0v) is 10.5. The van der Waals surface area contributed by atoms with Crippen LogP contribution in [-0.4, -0.2) is 9.97 Å². The monoisotopic (exact) mass is 282 g/mol. The van der Waals surface area contributed by atoms with E-state index < -0.39 is 0 Å². The van der Waals surface area contributed by atoms with Crippen LogP contribution in [0.1, 0.15) is 11.3 Å². The molecule has 16 heavy (non-hydrogen) atoms. The number of nitrogen functional groups attached to an aromatic ring is 1. The Balaban J connectivity index is 2.54. The number of nitrogens with two attached hydrogens (primary N) is 1. The molecule has 0 amide bonds. The molecule has 6 heteroatoms. The van der Waals surface area contributed by atoms with Crippen LogP contribution in [-0.2, 0) is 0 Å². The maximum Gasteiger partial charge on any atom is 0.197 e. The van der Waals surface area contributed by atoms with E-state index in [1.54, 1.807) is 12.1 Å². The van der Waals surface area contributed by atoms with E-state index in [-0.39, 0.29) is 0 Å². The molecule has 2 heterocycles. The fourth-order valence-corrected chi connectivity index (χ4v) is 1.62. The number of aromatic nitrogens is 2. The molecule has 0 spiro atoms. The van der Waals surface area contributed by atoms with E-state index in [4.69, 9.17) is 10.3 Å². The van der Waals surface area contributed by atoms with Gasteiger partial charge in [-0.2, -0.15) is 0 Å². The first kappa shape index (κ1) is 11.1. The number of rotatable bonds is 2. The molecule has 0 aliphatic rings. The van der Waals surface area contributed by atoms with Gasteiger partial charge < -0.3 is 9.84 Å². The standard InChI is InChI=1S/C10H11BrN4O/c1-5-6(2)13-10(14-9(5)15-12)7-3-4-8(11)16-7/h3-4H,12H2,1-2H3,(H,13,14,15). The number of hydrazine groups is 1. The molecule has 0 radical (unpaired) electrons. The molecule has 0 aliphatic carbocycles. The molecule has 5 nitrogen and oxygen atoms in total. The Morgan fingerprint density at radius 1 is 1.31 bits per heavy atom. The molecule has 2 aromatic rings. The molecule has 2 rings (SSSR count).